The van der Waals surface area contributed by atoms with Crippen molar-refractivity contribution in [3.8, 4) is 10.4 Å². The van der Waals surface area contributed by atoms with Crippen molar-refractivity contribution in [2.75, 3.05) is 13.1 Å². The summed E-state index contributed by atoms with van der Waals surface area (Å²) in [6.45, 7) is 2.26. The zero-order chi connectivity index (χ0) is 22.9. The molecule has 0 atom stereocenters. The van der Waals surface area contributed by atoms with Crippen molar-refractivity contribution >= 4 is 34.2 Å². The number of alkyl halides is 4. The predicted molar refractivity (Wildman–Crippen MR) is 103 cm³/mol. The van der Waals surface area contributed by atoms with E-state index in [1.807, 2.05) is 25.1 Å². The number of hydrogen-bond acceptors (Lipinski definition) is 4. The van der Waals surface area contributed by atoms with E-state index in [1.165, 1.54) is 16.0 Å². The Morgan fingerprint density at radius 3 is 2.45 bits per heavy atom. The van der Waals surface area contributed by atoms with Gasteiger partial charge in [-0.05, 0) is 25.1 Å². The highest BCUT2D eigenvalue weighted by Crippen LogP contribution is 2.30. The minimum Gasteiger partial charge on any atom is -0.475 e. The van der Waals surface area contributed by atoms with Crippen LogP contribution in [-0.2, 0) is 16.1 Å². The van der Waals surface area contributed by atoms with Crippen molar-refractivity contribution in [2.24, 2.45) is 0 Å². The number of aryl methyl sites for hydroxylation is 1. The molecule has 4 heterocycles. The molecule has 1 saturated heterocycles. The average Bonchev–Trinajstić information content (AvgIpc) is 3.22. The molecule has 0 bridgehead atoms. The van der Waals surface area contributed by atoms with Crippen molar-refractivity contribution < 1.29 is 36.6 Å². The van der Waals surface area contributed by atoms with E-state index < -0.39 is 24.1 Å². The molecule has 0 aliphatic carbocycles. The van der Waals surface area contributed by atoms with Gasteiger partial charge in [0.05, 0.1) is 18.6 Å². The van der Waals surface area contributed by atoms with Crippen LogP contribution < -0.4 is 0 Å². The van der Waals surface area contributed by atoms with Crippen molar-refractivity contribution in [3.63, 3.8) is 0 Å². The lowest BCUT2D eigenvalue weighted by molar-refractivity contribution is -0.192. The molecular formula is C19H16F5N3O3S. The van der Waals surface area contributed by atoms with Crippen LogP contribution >= 0.6 is 11.3 Å². The molecule has 0 radical (unpaired) electrons. The quantitative estimate of drug-likeness (QED) is 0.598. The van der Waals surface area contributed by atoms with Gasteiger partial charge >= 0.3 is 12.1 Å². The third-order valence-corrected chi connectivity index (χ3v) is 5.48. The summed E-state index contributed by atoms with van der Waals surface area (Å²) in [5.74, 6) is -3.43. The molecule has 1 aliphatic rings. The number of aromatic nitrogens is 2. The van der Waals surface area contributed by atoms with E-state index in [4.69, 9.17) is 9.90 Å². The topological polar surface area (TPSA) is 75.4 Å². The van der Waals surface area contributed by atoms with Crippen LogP contribution in [-0.4, -0.2) is 56.9 Å². The molecule has 4 rings (SSSR count). The summed E-state index contributed by atoms with van der Waals surface area (Å²) in [5, 5.41) is 7.12. The number of fused-ring (bicyclic) bond motifs is 1. The Bertz CT molecular complexity index is 1120. The highest BCUT2D eigenvalue weighted by molar-refractivity contribution is 7.15. The number of nitrogens with zero attached hydrogens (tertiary/aromatic N) is 3. The van der Waals surface area contributed by atoms with Crippen LogP contribution in [0.3, 0.4) is 0 Å². The van der Waals surface area contributed by atoms with Crippen LogP contribution in [0.4, 0.5) is 22.0 Å². The highest BCUT2D eigenvalue weighted by Gasteiger charge is 2.38. The van der Waals surface area contributed by atoms with Crippen molar-refractivity contribution in [1.82, 2.24) is 14.5 Å². The summed E-state index contributed by atoms with van der Waals surface area (Å²) in [6, 6.07) is 5.86. The Labute approximate surface area is 176 Å². The van der Waals surface area contributed by atoms with E-state index >= 15 is 0 Å². The first-order chi connectivity index (χ1) is 14.5. The van der Waals surface area contributed by atoms with Gasteiger partial charge in [0, 0.05) is 27.7 Å². The third-order valence-electron chi connectivity index (χ3n) is 4.44. The van der Waals surface area contributed by atoms with Crippen LogP contribution in [0.25, 0.3) is 21.5 Å². The fourth-order valence-corrected chi connectivity index (χ4v) is 3.70. The van der Waals surface area contributed by atoms with Crippen LogP contribution in [0.1, 0.15) is 4.88 Å². The van der Waals surface area contributed by atoms with E-state index in [9.17, 15) is 26.7 Å². The first kappa shape index (κ1) is 22.7. The summed E-state index contributed by atoms with van der Waals surface area (Å²) in [6.07, 6.45) is -3.10. The number of halogens is 5. The maximum atomic E-state index is 14.1. The number of thiophene rings is 1. The Kier molecular flexibility index (Phi) is 6.30. The number of aliphatic carboxylic acids is 1. The summed E-state index contributed by atoms with van der Waals surface area (Å²) in [7, 11) is 0. The molecule has 6 nitrogen and oxygen atoms in total. The lowest BCUT2D eigenvalue weighted by Gasteiger charge is -2.34. The normalized spacial score (nSPS) is 14.2. The smallest absolute Gasteiger partial charge is 0.475 e. The van der Waals surface area contributed by atoms with Crippen molar-refractivity contribution in [2.45, 2.75) is 25.8 Å². The Morgan fingerprint density at radius 2 is 1.94 bits per heavy atom. The highest BCUT2D eigenvalue weighted by atomic mass is 32.1. The molecule has 0 aromatic carbocycles. The molecule has 1 aliphatic heterocycles. The molecule has 1 amide bonds. The second kappa shape index (κ2) is 8.61. The van der Waals surface area contributed by atoms with Gasteiger partial charge in [0.25, 0.3) is 0 Å². The van der Waals surface area contributed by atoms with Gasteiger partial charge in [-0.2, -0.15) is 13.2 Å². The summed E-state index contributed by atoms with van der Waals surface area (Å²) in [4.78, 5) is 28.9. The standard InChI is InChI=1S/C17H15F2N3OS.C2HF3O2/c1-10-2-3-15(24-10)11-4-14-17(20-5-11)13(19)8-21(14)9-16(23)22-6-12(18)7-22;3-2(4,5)1(6)7/h2-5,8,12H,6-7,9H2,1H3;(H,6,7). The largest absolute Gasteiger partial charge is 0.490 e. The number of carboxylic acids is 1. The van der Waals surface area contributed by atoms with Gasteiger partial charge in [-0.25, -0.2) is 13.6 Å². The van der Waals surface area contributed by atoms with Crippen LogP contribution in [0.5, 0.6) is 0 Å². The zero-order valence-corrected chi connectivity index (χ0v) is 16.8. The number of carbonyl (C=O) groups is 2. The fraction of sp³-hybridized carbons (Fsp3) is 0.316. The van der Waals surface area contributed by atoms with Gasteiger partial charge in [-0.3, -0.25) is 9.78 Å². The number of carbonyl (C=O) groups excluding carboxylic acids is 1. The minimum atomic E-state index is -5.08. The third kappa shape index (κ3) is 5.19. The second-order valence-electron chi connectivity index (χ2n) is 6.81. The Balaban J connectivity index is 0.000000339. The average molecular weight is 461 g/mol. The van der Waals surface area contributed by atoms with Crippen LogP contribution in [0.15, 0.2) is 30.6 Å². The number of rotatable bonds is 3. The van der Waals surface area contributed by atoms with Gasteiger partial charge in [0.15, 0.2) is 5.82 Å². The van der Waals surface area contributed by atoms with Gasteiger partial charge < -0.3 is 14.6 Å². The molecule has 1 N–H and O–H groups in total. The fourth-order valence-electron chi connectivity index (χ4n) is 2.85. The first-order valence-electron chi connectivity index (χ1n) is 8.89. The van der Waals surface area contributed by atoms with Crippen LogP contribution in [0.2, 0.25) is 0 Å². The molecular weight excluding hydrogens is 445 g/mol. The number of hydrogen-bond donors (Lipinski definition) is 1. The van der Waals surface area contributed by atoms with E-state index in [0.717, 1.165) is 10.4 Å². The molecule has 0 unspecified atom stereocenters. The second-order valence-corrected chi connectivity index (χ2v) is 8.09. The van der Waals surface area contributed by atoms with Gasteiger partial charge in [-0.15, -0.1) is 11.3 Å². The number of likely N-dealkylation sites (tertiary alicyclic amines) is 1. The predicted octanol–water partition coefficient (Wildman–Crippen LogP) is 4.03. The monoisotopic (exact) mass is 461 g/mol. The number of amides is 1. The Hall–Kier alpha value is -3.02. The zero-order valence-electron chi connectivity index (χ0n) is 16.0. The molecule has 0 spiro atoms. The molecule has 3 aromatic heterocycles. The Morgan fingerprint density at radius 1 is 1.29 bits per heavy atom. The van der Waals surface area contributed by atoms with Crippen LogP contribution in [0, 0.1) is 12.7 Å². The maximum Gasteiger partial charge on any atom is 0.490 e. The summed E-state index contributed by atoms with van der Waals surface area (Å²) < 4.78 is 60.3. The van der Waals surface area contributed by atoms with Crippen molar-refractivity contribution in [3.05, 3.63) is 41.3 Å². The van der Waals surface area contributed by atoms with E-state index in [0.29, 0.717) is 5.52 Å². The number of pyridine rings is 1. The molecule has 166 valence electrons. The number of carboxylic acid groups (broad SMARTS) is 1. The molecule has 0 saturated carbocycles. The van der Waals surface area contributed by atoms with Crippen molar-refractivity contribution in [1.29, 1.82) is 0 Å². The first-order valence-corrected chi connectivity index (χ1v) is 9.70. The van der Waals surface area contributed by atoms with Gasteiger partial charge in [-0.1, -0.05) is 0 Å². The lowest BCUT2D eigenvalue weighted by Crippen LogP contribution is -2.52. The summed E-state index contributed by atoms with van der Waals surface area (Å²) in [5.41, 5.74) is 1.70. The van der Waals surface area contributed by atoms with Gasteiger partial charge in [0.2, 0.25) is 5.91 Å². The molecule has 31 heavy (non-hydrogen) atoms. The van der Waals surface area contributed by atoms with Gasteiger partial charge in [0.1, 0.15) is 18.2 Å². The van der Waals surface area contributed by atoms with E-state index in [2.05, 4.69) is 4.98 Å². The lowest BCUT2D eigenvalue weighted by atomic mass is 10.2. The minimum absolute atomic E-state index is 0.0122. The molecule has 1 fully saturated rings. The van der Waals surface area contributed by atoms with E-state index in [-0.39, 0.29) is 31.1 Å². The van der Waals surface area contributed by atoms with E-state index in [1.54, 1.807) is 22.1 Å². The maximum absolute atomic E-state index is 14.1. The molecule has 12 heteroatoms. The molecule has 3 aromatic rings. The summed E-state index contributed by atoms with van der Waals surface area (Å²) >= 11 is 1.63. The SMILES string of the molecule is Cc1ccc(-c2cnc3c(F)cn(CC(=O)N4CC(F)C4)c3c2)s1.O=C(O)C(F)(F)F.